The molecule has 0 aromatic carbocycles. The Morgan fingerprint density at radius 3 is 1.34 bits per heavy atom. The number of rotatable bonds is 54. The largest absolute Gasteiger partial charge is 0.756 e. The molecule has 0 radical (unpaired) electrons. The molecule has 0 heterocycles. The fraction of sp³-hybridized carbons (Fsp3) is 0.778. The molecular weight excluding hydrogens is 928 g/mol. The second kappa shape index (κ2) is 52.9. The Labute approximate surface area is 451 Å². The van der Waals surface area contributed by atoms with Crippen LogP contribution in [0.1, 0.15) is 265 Å². The summed E-state index contributed by atoms with van der Waals surface area (Å²) < 4.78 is 30.3. The maximum atomic E-state index is 13.5. The highest BCUT2D eigenvalue weighted by Crippen LogP contribution is 2.38. The van der Waals surface area contributed by atoms with Gasteiger partial charge in [-0.1, -0.05) is 229 Å². The van der Waals surface area contributed by atoms with Crippen molar-refractivity contribution in [2.75, 3.05) is 40.9 Å². The molecule has 10 heteroatoms. The lowest BCUT2D eigenvalue weighted by Gasteiger charge is -2.30. The lowest BCUT2D eigenvalue weighted by molar-refractivity contribution is -0.870. The Morgan fingerprint density at radius 2 is 0.877 bits per heavy atom. The normalized spacial score (nSPS) is 14.2. The molecule has 0 aliphatic heterocycles. The lowest BCUT2D eigenvalue weighted by atomic mass is 10.0. The van der Waals surface area contributed by atoms with Crippen molar-refractivity contribution in [1.29, 1.82) is 0 Å². The van der Waals surface area contributed by atoms with Crippen molar-refractivity contribution in [3.05, 3.63) is 72.9 Å². The quantitative estimate of drug-likeness (QED) is 0.0212. The topological polar surface area (TPSA) is 114 Å². The first-order chi connectivity index (χ1) is 35.4. The van der Waals surface area contributed by atoms with E-state index in [1.807, 2.05) is 33.3 Å². The highest BCUT2D eigenvalue weighted by atomic mass is 31.2. The third-order valence-electron chi connectivity index (χ3n) is 13.1. The van der Waals surface area contributed by atoms with Gasteiger partial charge in [0, 0.05) is 12.8 Å². The van der Waals surface area contributed by atoms with Gasteiger partial charge in [0.2, 0.25) is 5.91 Å². The molecular formula is C63H115N2O7P. The van der Waals surface area contributed by atoms with Crippen molar-refractivity contribution in [3.63, 3.8) is 0 Å². The Bertz CT molecular complexity index is 1480. The predicted molar refractivity (Wildman–Crippen MR) is 312 cm³/mol. The van der Waals surface area contributed by atoms with E-state index in [0.29, 0.717) is 17.4 Å². The van der Waals surface area contributed by atoms with Gasteiger partial charge in [-0.3, -0.25) is 14.2 Å². The summed E-state index contributed by atoms with van der Waals surface area (Å²) in [5, 5.41) is 3.01. The van der Waals surface area contributed by atoms with Gasteiger partial charge in [-0.05, 0) is 96.0 Å². The number of quaternary nitrogens is 1. The summed E-state index contributed by atoms with van der Waals surface area (Å²) in [4.78, 5) is 39.9. The van der Waals surface area contributed by atoms with Crippen LogP contribution < -0.4 is 10.2 Å². The number of phosphoric acid groups is 1. The van der Waals surface area contributed by atoms with E-state index in [-0.39, 0.29) is 31.3 Å². The molecule has 1 N–H and O–H groups in total. The molecule has 0 aromatic rings. The van der Waals surface area contributed by atoms with Crippen LogP contribution in [0.3, 0.4) is 0 Å². The molecule has 0 rings (SSSR count). The molecule has 1 amide bonds. The number of nitrogens with zero attached hydrogens (tertiary/aromatic N) is 1. The van der Waals surface area contributed by atoms with Crippen molar-refractivity contribution in [2.24, 2.45) is 0 Å². The number of amides is 1. The molecule has 3 unspecified atom stereocenters. The van der Waals surface area contributed by atoms with Gasteiger partial charge in [0.05, 0.1) is 33.8 Å². The first-order valence-corrected chi connectivity index (χ1v) is 31.7. The lowest BCUT2D eigenvalue weighted by Crippen LogP contribution is -2.47. The van der Waals surface area contributed by atoms with Crippen LogP contribution >= 0.6 is 7.82 Å². The number of esters is 1. The molecule has 73 heavy (non-hydrogen) atoms. The smallest absolute Gasteiger partial charge is 0.306 e. The Morgan fingerprint density at radius 1 is 0.493 bits per heavy atom. The van der Waals surface area contributed by atoms with Gasteiger partial charge in [0.1, 0.15) is 19.3 Å². The summed E-state index contributed by atoms with van der Waals surface area (Å²) in [7, 11) is 1.16. The van der Waals surface area contributed by atoms with Gasteiger partial charge < -0.3 is 28.5 Å². The molecule has 0 fully saturated rings. The van der Waals surface area contributed by atoms with Gasteiger partial charge in [0.15, 0.2) is 0 Å². The Hall–Kier alpha value is -2.55. The minimum atomic E-state index is -4.70. The van der Waals surface area contributed by atoms with Gasteiger partial charge in [-0.25, -0.2) is 0 Å². The third-order valence-corrected chi connectivity index (χ3v) is 14.1. The molecule has 424 valence electrons. The SMILES string of the molecule is CC/C=C/C/C=C/C/C=C/CCCCCCC(=O)NC(COP(=O)([O-])OCC[N+](C)(C)C)C(/C=C\CCCCCCCCCCCC)OC(=O)CCCCCCCCCCCCC/C=C\C/C=C\CCCCC. The summed E-state index contributed by atoms with van der Waals surface area (Å²) in [6.45, 7) is 6.69. The number of nitrogens with one attached hydrogen (secondary N) is 1. The van der Waals surface area contributed by atoms with E-state index in [2.05, 4.69) is 86.8 Å². The molecule has 0 aromatic heterocycles. The van der Waals surface area contributed by atoms with Crippen LogP contribution in [0.5, 0.6) is 0 Å². The molecule has 0 aliphatic carbocycles. The van der Waals surface area contributed by atoms with E-state index in [1.54, 1.807) is 0 Å². The molecule has 9 nitrogen and oxygen atoms in total. The number of unbranched alkanes of at least 4 members (excludes halogenated alkanes) is 28. The number of hydrogen-bond donors (Lipinski definition) is 1. The highest BCUT2D eigenvalue weighted by molar-refractivity contribution is 7.45. The van der Waals surface area contributed by atoms with E-state index < -0.39 is 26.6 Å². The van der Waals surface area contributed by atoms with Crippen LogP contribution in [-0.4, -0.2) is 69.4 Å². The van der Waals surface area contributed by atoms with Crippen LogP contribution in [0.15, 0.2) is 72.9 Å². The zero-order valence-corrected chi connectivity index (χ0v) is 49.2. The minimum absolute atomic E-state index is 0.0293. The van der Waals surface area contributed by atoms with Gasteiger partial charge in [0.25, 0.3) is 7.82 Å². The number of hydrogen-bond acceptors (Lipinski definition) is 7. The van der Waals surface area contributed by atoms with Crippen LogP contribution in [0.25, 0.3) is 0 Å². The van der Waals surface area contributed by atoms with E-state index in [0.717, 1.165) is 89.9 Å². The maximum absolute atomic E-state index is 13.5. The molecule has 0 spiro atoms. The summed E-state index contributed by atoms with van der Waals surface area (Å²) in [6.07, 6.45) is 67.3. The zero-order chi connectivity index (χ0) is 53.6. The van der Waals surface area contributed by atoms with Gasteiger partial charge in [-0.15, -0.1) is 0 Å². The van der Waals surface area contributed by atoms with Gasteiger partial charge >= 0.3 is 5.97 Å². The standard InChI is InChI=1S/C63H115N2O7P/c1-7-10-13-16-19-22-25-28-30-31-32-33-34-35-36-38-41-44-47-50-53-56-63(67)72-61(54-51-48-45-42-39-27-24-21-18-15-12-9-3)60(59-71-73(68,69)70-58-57-65(4,5)6)64-62(66)55-52-49-46-43-40-37-29-26-23-20-17-14-11-8-2/h11,14,19-20,22-23,28-30,37,51,54,60-61H,7-10,12-13,15-18,21,24-27,31-36,38-50,52-53,55-59H2,1-6H3,(H-,64,66,68,69)/b14-11+,22-19-,23-20+,30-28-,37-29+,54-51-. The monoisotopic (exact) mass is 1040 g/mol. The Balaban J connectivity index is 5.26. The van der Waals surface area contributed by atoms with Crippen molar-refractivity contribution in [1.82, 2.24) is 5.32 Å². The fourth-order valence-electron chi connectivity index (χ4n) is 8.45. The van der Waals surface area contributed by atoms with Crippen LogP contribution in [0, 0.1) is 0 Å². The second-order valence-corrected chi connectivity index (χ2v) is 22.9. The van der Waals surface area contributed by atoms with Crippen LogP contribution in [0.4, 0.5) is 0 Å². The molecule has 0 bridgehead atoms. The van der Waals surface area contributed by atoms with Crippen molar-refractivity contribution in [3.8, 4) is 0 Å². The summed E-state index contributed by atoms with van der Waals surface area (Å²) in [5.41, 5.74) is 0. The molecule has 0 saturated heterocycles. The number of ether oxygens (including phenoxy) is 1. The number of carbonyl (C=O) groups is 2. The van der Waals surface area contributed by atoms with Crippen molar-refractivity contribution < 1.29 is 37.3 Å². The van der Waals surface area contributed by atoms with E-state index in [1.165, 1.54) is 135 Å². The third kappa shape index (κ3) is 54.1. The summed E-state index contributed by atoms with van der Waals surface area (Å²) in [6, 6.07) is -0.902. The number of phosphoric ester groups is 1. The van der Waals surface area contributed by atoms with Crippen LogP contribution in [-0.2, 0) is 27.9 Å². The second-order valence-electron chi connectivity index (χ2n) is 21.5. The minimum Gasteiger partial charge on any atom is -0.756 e. The summed E-state index contributed by atoms with van der Waals surface area (Å²) in [5.74, 6) is -0.568. The summed E-state index contributed by atoms with van der Waals surface area (Å²) >= 11 is 0. The first kappa shape index (κ1) is 70.5. The highest BCUT2D eigenvalue weighted by Gasteiger charge is 2.27. The van der Waals surface area contributed by atoms with Gasteiger partial charge in [-0.2, -0.15) is 0 Å². The maximum Gasteiger partial charge on any atom is 0.306 e. The molecule has 0 aliphatic rings. The number of likely N-dealkylation sites (N-methyl/N-ethyl adjacent to an activating group) is 1. The molecule has 3 atom stereocenters. The average Bonchev–Trinajstić information content (AvgIpc) is 3.35. The number of allylic oxidation sites excluding steroid dienone is 11. The van der Waals surface area contributed by atoms with Crippen molar-refractivity contribution >= 4 is 19.7 Å². The number of carbonyl (C=O) groups excluding carboxylic acids is 2. The predicted octanol–water partition coefficient (Wildman–Crippen LogP) is 17.8. The zero-order valence-electron chi connectivity index (χ0n) is 48.3. The first-order valence-electron chi connectivity index (χ1n) is 30.2. The average molecular weight is 1040 g/mol. The Kier molecular flexibility index (Phi) is 51.0. The van der Waals surface area contributed by atoms with E-state index in [9.17, 15) is 19.0 Å². The van der Waals surface area contributed by atoms with Crippen LogP contribution in [0.2, 0.25) is 0 Å². The van der Waals surface area contributed by atoms with E-state index in [4.69, 9.17) is 13.8 Å². The fourth-order valence-corrected chi connectivity index (χ4v) is 9.17. The van der Waals surface area contributed by atoms with E-state index >= 15 is 0 Å². The molecule has 0 saturated carbocycles. The van der Waals surface area contributed by atoms with Crippen molar-refractivity contribution in [2.45, 2.75) is 277 Å².